The molecule has 1 aliphatic carbocycles. The van der Waals surface area contributed by atoms with Crippen molar-refractivity contribution in [3.63, 3.8) is 0 Å². The highest BCUT2D eigenvalue weighted by atomic mass is 16.4. The summed E-state index contributed by atoms with van der Waals surface area (Å²) in [5.41, 5.74) is 12.2. The van der Waals surface area contributed by atoms with Crippen molar-refractivity contribution in [1.82, 2.24) is 15.0 Å². The molecule has 6 nitrogen and oxygen atoms in total. The van der Waals surface area contributed by atoms with Gasteiger partial charge in [0.05, 0.1) is 17.1 Å². The molecule has 6 heteroatoms. The first-order valence-electron chi connectivity index (χ1n) is 8.51. The second-order valence-electron chi connectivity index (χ2n) is 6.47. The zero-order chi connectivity index (χ0) is 18.1. The molecule has 0 amide bonds. The topological polar surface area (TPSA) is 97.3 Å². The fraction of sp³-hybridized carbons (Fsp3) is 0.200. The van der Waals surface area contributed by atoms with E-state index in [-0.39, 0.29) is 11.9 Å². The Morgan fingerprint density at radius 1 is 1.12 bits per heavy atom. The van der Waals surface area contributed by atoms with Crippen LogP contribution >= 0.6 is 0 Å². The number of oxime groups is 1. The van der Waals surface area contributed by atoms with E-state index in [0.717, 1.165) is 34.5 Å². The van der Waals surface area contributed by atoms with E-state index in [4.69, 9.17) is 5.73 Å². The molecule has 1 aliphatic rings. The van der Waals surface area contributed by atoms with E-state index in [2.05, 4.69) is 32.2 Å². The van der Waals surface area contributed by atoms with Gasteiger partial charge in [-0.2, -0.15) is 0 Å². The number of benzene rings is 1. The molecule has 1 atom stereocenters. The Balaban J connectivity index is 1.82. The van der Waals surface area contributed by atoms with E-state index in [0.29, 0.717) is 12.1 Å². The van der Waals surface area contributed by atoms with Crippen molar-refractivity contribution in [2.24, 2.45) is 5.16 Å². The van der Waals surface area contributed by atoms with Crippen LogP contribution in [0.4, 0.5) is 5.95 Å². The minimum atomic E-state index is 0.138. The molecule has 3 aromatic rings. The van der Waals surface area contributed by atoms with Crippen molar-refractivity contribution < 1.29 is 5.21 Å². The van der Waals surface area contributed by atoms with Crippen molar-refractivity contribution in [3.05, 3.63) is 71.3 Å². The number of nitrogens with zero attached hydrogens (tertiary/aromatic N) is 4. The van der Waals surface area contributed by atoms with Crippen LogP contribution in [0.1, 0.15) is 34.9 Å². The number of anilines is 1. The lowest BCUT2D eigenvalue weighted by molar-refractivity contribution is 0.316. The summed E-state index contributed by atoms with van der Waals surface area (Å²) in [5.74, 6) is 0.387. The van der Waals surface area contributed by atoms with Crippen LogP contribution in [0.2, 0.25) is 0 Å². The van der Waals surface area contributed by atoms with Crippen molar-refractivity contribution in [2.45, 2.75) is 25.7 Å². The van der Waals surface area contributed by atoms with Crippen LogP contribution in [-0.4, -0.2) is 25.9 Å². The molecular weight excluding hydrogens is 326 g/mol. The minimum Gasteiger partial charge on any atom is -0.411 e. The van der Waals surface area contributed by atoms with Gasteiger partial charge in [0, 0.05) is 29.9 Å². The number of aryl methyl sites for hydroxylation is 1. The summed E-state index contributed by atoms with van der Waals surface area (Å²) in [4.78, 5) is 12.9. The zero-order valence-electron chi connectivity index (χ0n) is 14.4. The van der Waals surface area contributed by atoms with Gasteiger partial charge in [-0.15, -0.1) is 0 Å². The summed E-state index contributed by atoms with van der Waals surface area (Å²) in [7, 11) is 0. The van der Waals surface area contributed by atoms with Gasteiger partial charge in [0.25, 0.3) is 0 Å². The molecule has 1 aromatic carbocycles. The summed E-state index contributed by atoms with van der Waals surface area (Å²) in [6, 6.07) is 12.2. The Kier molecular flexibility index (Phi) is 4.08. The number of hydrogen-bond donors (Lipinski definition) is 2. The minimum absolute atomic E-state index is 0.138. The summed E-state index contributed by atoms with van der Waals surface area (Å²) < 4.78 is 0. The van der Waals surface area contributed by atoms with Gasteiger partial charge in [0.15, 0.2) is 0 Å². The molecule has 1 unspecified atom stereocenters. The Bertz CT molecular complexity index is 985. The number of fused-ring (bicyclic) bond motifs is 1. The van der Waals surface area contributed by atoms with E-state index in [1.165, 1.54) is 5.56 Å². The average Bonchev–Trinajstić information content (AvgIpc) is 2.67. The first kappa shape index (κ1) is 16.2. The number of rotatable bonds is 2. The van der Waals surface area contributed by atoms with Crippen LogP contribution in [0, 0.1) is 6.92 Å². The van der Waals surface area contributed by atoms with Gasteiger partial charge in [-0.3, -0.25) is 4.98 Å². The Morgan fingerprint density at radius 3 is 2.73 bits per heavy atom. The van der Waals surface area contributed by atoms with E-state index < -0.39 is 0 Å². The van der Waals surface area contributed by atoms with Gasteiger partial charge >= 0.3 is 0 Å². The highest BCUT2D eigenvalue weighted by molar-refractivity contribution is 6.03. The standard InChI is InChI=1S/C20H19N5O/c1-12-19-17(24-20(21)23-12)9-14(10-18(19)25-26)16-7-3-2-6-15(16)13-5-4-8-22-11-13/h2-8,11,14,26H,9-10H2,1H3,(H2,21,23,24)/b25-18+. The molecular formula is C20H19N5O. The lowest BCUT2D eigenvalue weighted by atomic mass is 9.78. The molecule has 130 valence electrons. The van der Waals surface area contributed by atoms with Gasteiger partial charge in [-0.1, -0.05) is 35.5 Å². The molecule has 0 aliphatic heterocycles. The molecule has 26 heavy (non-hydrogen) atoms. The second-order valence-corrected chi connectivity index (χ2v) is 6.47. The predicted molar refractivity (Wildman–Crippen MR) is 100 cm³/mol. The van der Waals surface area contributed by atoms with Crippen LogP contribution in [0.15, 0.2) is 53.9 Å². The third-order valence-electron chi connectivity index (χ3n) is 4.84. The van der Waals surface area contributed by atoms with Crippen molar-refractivity contribution >= 4 is 11.7 Å². The van der Waals surface area contributed by atoms with Gasteiger partial charge in [0.2, 0.25) is 5.95 Å². The van der Waals surface area contributed by atoms with Gasteiger partial charge in [0.1, 0.15) is 0 Å². The van der Waals surface area contributed by atoms with E-state index in [1.54, 1.807) is 6.20 Å². The van der Waals surface area contributed by atoms with Crippen molar-refractivity contribution in [2.75, 3.05) is 5.73 Å². The fourth-order valence-corrected chi connectivity index (χ4v) is 3.77. The molecule has 0 saturated heterocycles. The smallest absolute Gasteiger partial charge is 0.220 e. The van der Waals surface area contributed by atoms with Crippen LogP contribution < -0.4 is 5.73 Å². The average molecular weight is 345 g/mol. The molecule has 2 aromatic heterocycles. The van der Waals surface area contributed by atoms with Gasteiger partial charge in [-0.25, -0.2) is 9.97 Å². The molecule has 0 fully saturated rings. The molecule has 2 heterocycles. The summed E-state index contributed by atoms with van der Waals surface area (Å²) >= 11 is 0. The SMILES string of the molecule is Cc1nc(N)nc2c1/C(=N/O)CC(c1ccccc1-c1cccnc1)C2. The highest BCUT2D eigenvalue weighted by Gasteiger charge is 2.30. The Labute approximate surface area is 151 Å². The first-order valence-corrected chi connectivity index (χ1v) is 8.51. The third kappa shape index (κ3) is 2.79. The second kappa shape index (κ2) is 6.55. The summed E-state index contributed by atoms with van der Waals surface area (Å²) in [6.45, 7) is 1.87. The molecule has 4 rings (SSSR count). The molecule has 3 N–H and O–H groups in total. The Hall–Kier alpha value is -3.28. The fourth-order valence-electron chi connectivity index (χ4n) is 3.77. The molecule has 0 bridgehead atoms. The van der Waals surface area contributed by atoms with Crippen molar-refractivity contribution in [1.29, 1.82) is 0 Å². The predicted octanol–water partition coefficient (Wildman–Crippen LogP) is 3.34. The number of pyridine rings is 1. The van der Waals surface area contributed by atoms with E-state index in [9.17, 15) is 5.21 Å². The number of aromatic nitrogens is 3. The zero-order valence-corrected chi connectivity index (χ0v) is 14.4. The molecule has 0 saturated carbocycles. The van der Waals surface area contributed by atoms with Crippen LogP contribution in [0.25, 0.3) is 11.1 Å². The summed E-state index contributed by atoms with van der Waals surface area (Å²) in [5, 5.41) is 13.1. The molecule has 0 radical (unpaired) electrons. The lowest BCUT2D eigenvalue weighted by Crippen LogP contribution is -2.24. The van der Waals surface area contributed by atoms with Crippen LogP contribution in [0.3, 0.4) is 0 Å². The maximum atomic E-state index is 9.57. The quantitative estimate of drug-likeness (QED) is 0.548. The van der Waals surface area contributed by atoms with Crippen molar-refractivity contribution in [3.8, 4) is 11.1 Å². The molecule has 0 spiro atoms. The number of nitrogen functional groups attached to an aromatic ring is 1. The van der Waals surface area contributed by atoms with Gasteiger partial charge in [-0.05, 0) is 36.5 Å². The van der Waals surface area contributed by atoms with Crippen LogP contribution in [0.5, 0.6) is 0 Å². The normalized spacial score (nSPS) is 17.9. The first-order chi connectivity index (χ1) is 12.7. The highest BCUT2D eigenvalue weighted by Crippen LogP contribution is 2.38. The summed E-state index contributed by atoms with van der Waals surface area (Å²) in [6.07, 6.45) is 4.97. The Morgan fingerprint density at radius 2 is 1.96 bits per heavy atom. The maximum Gasteiger partial charge on any atom is 0.220 e. The van der Waals surface area contributed by atoms with Gasteiger partial charge < -0.3 is 10.9 Å². The lowest BCUT2D eigenvalue weighted by Gasteiger charge is -2.27. The van der Waals surface area contributed by atoms with E-state index in [1.807, 2.05) is 37.4 Å². The largest absolute Gasteiger partial charge is 0.411 e. The number of hydrogen-bond acceptors (Lipinski definition) is 6. The van der Waals surface area contributed by atoms with E-state index >= 15 is 0 Å². The third-order valence-corrected chi connectivity index (χ3v) is 4.84. The van der Waals surface area contributed by atoms with Crippen LogP contribution in [-0.2, 0) is 6.42 Å². The maximum absolute atomic E-state index is 9.57. The monoisotopic (exact) mass is 345 g/mol. The number of nitrogens with two attached hydrogens (primary N) is 1.